The number of nitrogens with zero attached hydrogens (tertiary/aromatic N) is 3. The van der Waals surface area contributed by atoms with Gasteiger partial charge >= 0.3 is 0 Å². The molecule has 2 aromatic rings. The van der Waals surface area contributed by atoms with Gasteiger partial charge in [-0.15, -0.1) is 0 Å². The molecule has 6 nitrogen and oxygen atoms in total. The van der Waals surface area contributed by atoms with Crippen molar-refractivity contribution in [2.45, 2.75) is 30.9 Å². The summed E-state index contributed by atoms with van der Waals surface area (Å²) in [6.07, 6.45) is 6.28. The Balaban J connectivity index is 1.73. The van der Waals surface area contributed by atoms with Crippen molar-refractivity contribution in [2.24, 2.45) is 5.73 Å². The second-order valence-electron chi connectivity index (χ2n) is 5.61. The summed E-state index contributed by atoms with van der Waals surface area (Å²) in [6.45, 7) is 0.519. The van der Waals surface area contributed by atoms with Crippen LogP contribution in [0.3, 0.4) is 0 Å². The molecule has 1 aliphatic carbocycles. The largest absolute Gasteiger partial charge is 0.374 e. The lowest BCUT2D eigenvalue weighted by Gasteiger charge is -2.41. The number of hydrogen-bond donors (Lipinski definition) is 3. The van der Waals surface area contributed by atoms with Crippen molar-refractivity contribution in [3.05, 3.63) is 47.8 Å². The maximum Gasteiger partial charge on any atom is 0.222 e. The molecule has 22 heavy (non-hydrogen) atoms. The number of aliphatic hydroxyl groups excluding tert-OH is 1. The first kappa shape index (κ1) is 14.8. The number of aliphatic hydroxyl groups is 1. The standard InChI is InChI=1S/C15H18FN5O/c16-11-3-1-6-18-12(11)15(4-2-5-15)9-21-14-19-7-10(8-20-14)13(17)22/h1,3,6-8,13,22H,2,4-5,9,17H2,(H,19,20,21). The highest BCUT2D eigenvalue weighted by Gasteiger charge is 2.41. The van der Waals surface area contributed by atoms with Crippen molar-refractivity contribution in [3.8, 4) is 0 Å². The van der Waals surface area contributed by atoms with Gasteiger partial charge in [-0.25, -0.2) is 14.4 Å². The second kappa shape index (κ2) is 5.94. The Labute approximate surface area is 127 Å². The van der Waals surface area contributed by atoms with E-state index in [0.717, 1.165) is 19.3 Å². The number of anilines is 1. The minimum atomic E-state index is -1.09. The smallest absolute Gasteiger partial charge is 0.222 e. The molecule has 0 aliphatic heterocycles. The Bertz CT molecular complexity index is 643. The fraction of sp³-hybridized carbons (Fsp3) is 0.400. The predicted octanol–water partition coefficient (Wildman–Crippen LogP) is 1.49. The molecule has 1 aliphatic rings. The Morgan fingerprint density at radius 2 is 2.05 bits per heavy atom. The molecule has 1 saturated carbocycles. The average Bonchev–Trinajstić information content (AvgIpc) is 2.48. The van der Waals surface area contributed by atoms with E-state index in [9.17, 15) is 9.50 Å². The summed E-state index contributed by atoms with van der Waals surface area (Å²) in [5.41, 5.74) is 5.98. The highest BCUT2D eigenvalue weighted by atomic mass is 19.1. The van der Waals surface area contributed by atoms with Crippen LogP contribution in [-0.4, -0.2) is 26.6 Å². The van der Waals surface area contributed by atoms with Crippen LogP contribution >= 0.6 is 0 Å². The van der Waals surface area contributed by atoms with Crippen molar-refractivity contribution in [1.82, 2.24) is 15.0 Å². The van der Waals surface area contributed by atoms with E-state index in [4.69, 9.17) is 5.73 Å². The second-order valence-corrected chi connectivity index (χ2v) is 5.61. The number of nitrogens with two attached hydrogens (primary N) is 1. The van der Waals surface area contributed by atoms with E-state index in [1.54, 1.807) is 12.3 Å². The van der Waals surface area contributed by atoms with E-state index in [1.807, 2.05) is 0 Å². The highest BCUT2D eigenvalue weighted by molar-refractivity contribution is 5.31. The molecule has 4 N–H and O–H groups in total. The summed E-state index contributed by atoms with van der Waals surface area (Å²) in [6, 6.07) is 3.04. The quantitative estimate of drug-likeness (QED) is 0.724. The first-order chi connectivity index (χ1) is 10.6. The molecule has 1 atom stereocenters. The highest BCUT2D eigenvalue weighted by Crippen LogP contribution is 2.43. The number of pyridine rings is 1. The predicted molar refractivity (Wildman–Crippen MR) is 79.4 cm³/mol. The number of nitrogens with one attached hydrogen (secondary N) is 1. The molecule has 0 aromatic carbocycles. The van der Waals surface area contributed by atoms with Gasteiger partial charge in [-0.05, 0) is 25.0 Å². The van der Waals surface area contributed by atoms with Crippen LogP contribution in [0.5, 0.6) is 0 Å². The molecular formula is C15H18FN5O. The van der Waals surface area contributed by atoms with Gasteiger partial charge in [0.1, 0.15) is 12.0 Å². The molecule has 3 rings (SSSR count). The molecule has 2 aromatic heterocycles. The third-order valence-corrected chi connectivity index (χ3v) is 4.17. The van der Waals surface area contributed by atoms with Gasteiger partial charge in [0, 0.05) is 36.1 Å². The van der Waals surface area contributed by atoms with E-state index in [-0.39, 0.29) is 11.2 Å². The third-order valence-electron chi connectivity index (χ3n) is 4.17. The fourth-order valence-electron chi connectivity index (χ4n) is 2.71. The fourth-order valence-corrected chi connectivity index (χ4v) is 2.71. The van der Waals surface area contributed by atoms with Crippen LogP contribution in [0.2, 0.25) is 0 Å². The summed E-state index contributed by atoms with van der Waals surface area (Å²) in [5, 5.41) is 12.4. The van der Waals surface area contributed by atoms with Crippen molar-refractivity contribution < 1.29 is 9.50 Å². The molecule has 116 valence electrons. The van der Waals surface area contributed by atoms with Crippen molar-refractivity contribution in [3.63, 3.8) is 0 Å². The molecule has 7 heteroatoms. The minimum Gasteiger partial charge on any atom is -0.374 e. The Morgan fingerprint density at radius 3 is 2.59 bits per heavy atom. The van der Waals surface area contributed by atoms with Crippen molar-refractivity contribution in [2.75, 3.05) is 11.9 Å². The summed E-state index contributed by atoms with van der Waals surface area (Å²) < 4.78 is 14.0. The first-order valence-corrected chi connectivity index (χ1v) is 7.21. The summed E-state index contributed by atoms with van der Waals surface area (Å²) in [5.74, 6) is 0.151. The zero-order chi connectivity index (χ0) is 15.6. The van der Waals surface area contributed by atoms with Crippen LogP contribution in [-0.2, 0) is 5.41 Å². The first-order valence-electron chi connectivity index (χ1n) is 7.21. The Morgan fingerprint density at radius 1 is 1.32 bits per heavy atom. The van der Waals surface area contributed by atoms with Crippen LogP contribution in [0.15, 0.2) is 30.7 Å². The minimum absolute atomic E-state index is 0.272. The zero-order valence-corrected chi connectivity index (χ0v) is 12.0. The topological polar surface area (TPSA) is 97.0 Å². The van der Waals surface area contributed by atoms with E-state index >= 15 is 0 Å². The maximum atomic E-state index is 14.0. The Kier molecular flexibility index (Phi) is 4.00. The SMILES string of the molecule is NC(O)c1cnc(NCC2(c3ncccc3F)CCC2)nc1. The molecule has 1 fully saturated rings. The summed E-state index contributed by atoms with van der Waals surface area (Å²) in [4.78, 5) is 12.4. The van der Waals surface area contributed by atoms with Gasteiger partial charge < -0.3 is 16.2 Å². The molecule has 0 spiro atoms. The van der Waals surface area contributed by atoms with Crippen LogP contribution < -0.4 is 11.1 Å². The molecular weight excluding hydrogens is 285 g/mol. The zero-order valence-electron chi connectivity index (χ0n) is 12.0. The monoisotopic (exact) mass is 303 g/mol. The van der Waals surface area contributed by atoms with Gasteiger partial charge in [-0.3, -0.25) is 4.98 Å². The molecule has 0 radical (unpaired) electrons. The van der Waals surface area contributed by atoms with Crippen molar-refractivity contribution in [1.29, 1.82) is 0 Å². The lowest BCUT2D eigenvalue weighted by Crippen LogP contribution is -2.42. The lowest BCUT2D eigenvalue weighted by molar-refractivity contribution is 0.185. The van der Waals surface area contributed by atoms with E-state index in [1.165, 1.54) is 18.5 Å². The average molecular weight is 303 g/mol. The van der Waals surface area contributed by atoms with Gasteiger partial charge in [-0.2, -0.15) is 0 Å². The molecule has 0 amide bonds. The van der Waals surface area contributed by atoms with Gasteiger partial charge in [-0.1, -0.05) is 6.42 Å². The van der Waals surface area contributed by atoms with E-state index < -0.39 is 6.23 Å². The summed E-state index contributed by atoms with van der Waals surface area (Å²) >= 11 is 0. The van der Waals surface area contributed by atoms with E-state index in [0.29, 0.717) is 23.8 Å². The number of rotatable bonds is 5. The number of halogens is 1. The van der Waals surface area contributed by atoms with Crippen LogP contribution in [0, 0.1) is 5.82 Å². The molecule has 0 saturated heterocycles. The maximum absolute atomic E-state index is 14.0. The van der Waals surface area contributed by atoms with Gasteiger partial charge in [0.25, 0.3) is 0 Å². The summed E-state index contributed by atoms with van der Waals surface area (Å²) in [7, 11) is 0. The lowest BCUT2D eigenvalue weighted by atomic mass is 9.66. The number of hydrogen-bond acceptors (Lipinski definition) is 6. The Hall–Kier alpha value is -2.12. The van der Waals surface area contributed by atoms with Gasteiger partial charge in [0.05, 0.1) is 5.69 Å². The third kappa shape index (κ3) is 2.77. The van der Waals surface area contributed by atoms with Crippen LogP contribution in [0.25, 0.3) is 0 Å². The molecule has 0 bridgehead atoms. The normalized spacial score (nSPS) is 17.6. The molecule has 2 heterocycles. The molecule has 1 unspecified atom stereocenters. The van der Waals surface area contributed by atoms with Crippen molar-refractivity contribution >= 4 is 5.95 Å². The van der Waals surface area contributed by atoms with Crippen LogP contribution in [0.1, 0.15) is 36.7 Å². The van der Waals surface area contributed by atoms with Crippen LogP contribution in [0.4, 0.5) is 10.3 Å². The van der Waals surface area contributed by atoms with Gasteiger partial charge in [0.2, 0.25) is 5.95 Å². The van der Waals surface area contributed by atoms with Gasteiger partial charge in [0.15, 0.2) is 0 Å². The number of aromatic nitrogens is 3. The van der Waals surface area contributed by atoms with E-state index in [2.05, 4.69) is 20.3 Å².